The van der Waals surface area contributed by atoms with E-state index in [0.717, 1.165) is 38.8 Å². The number of piperazine rings is 1. The molecule has 4 saturated heterocycles. The third-order valence-corrected chi connectivity index (χ3v) is 11.4. The van der Waals surface area contributed by atoms with E-state index in [-0.39, 0.29) is 35.1 Å². The van der Waals surface area contributed by atoms with Gasteiger partial charge in [0.2, 0.25) is 0 Å². The molecule has 234 valence electrons. The summed E-state index contributed by atoms with van der Waals surface area (Å²) < 4.78 is 38.1. The van der Waals surface area contributed by atoms with Gasteiger partial charge in [-0.2, -0.15) is 9.97 Å². The van der Waals surface area contributed by atoms with Crippen molar-refractivity contribution in [2.45, 2.75) is 74.8 Å². The summed E-state index contributed by atoms with van der Waals surface area (Å²) in [7, 11) is 0. The zero-order chi connectivity index (χ0) is 30.4. The Balaban J connectivity index is 1.15. The Labute approximate surface area is 264 Å². The summed E-state index contributed by atoms with van der Waals surface area (Å²) in [4.78, 5) is 18.7. The molecule has 0 spiro atoms. The quantitative estimate of drug-likeness (QED) is 0.276. The molecule has 5 aliphatic rings. The Hall–Kier alpha value is -3.34. The van der Waals surface area contributed by atoms with Crippen LogP contribution in [-0.2, 0) is 0 Å². The van der Waals surface area contributed by atoms with Crippen LogP contribution in [0.2, 0.25) is 5.02 Å². The highest BCUT2D eigenvalue weighted by atomic mass is 35.5. The Kier molecular flexibility index (Phi) is 6.41. The van der Waals surface area contributed by atoms with Crippen molar-refractivity contribution >= 4 is 39.1 Å². The lowest BCUT2D eigenvalue weighted by Gasteiger charge is -2.35. The molecule has 8 nitrogen and oxygen atoms in total. The first-order valence-corrected chi connectivity index (χ1v) is 16.6. The number of phenolic OH excluding ortho intramolecular Hbond substituents is 1. The predicted octanol–water partition coefficient (Wildman–Crippen LogP) is 6.02. The first-order chi connectivity index (χ1) is 21.8. The third kappa shape index (κ3) is 4.47. The number of nitrogens with one attached hydrogen (secondary N) is 1. The van der Waals surface area contributed by atoms with Crippen LogP contribution in [0.3, 0.4) is 0 Å². The highest BCUT2D eigenvalue weighted by molar-refractivity contribution is 6.36. The highest BCUT2D eigenvalue weighted by Crippen LogP contribution is 2.52. The molecule has 4 aliphatic heterocycles. The fraction of sp³-hybridized carbons (Fsp3) is 0.500. The standard InChI is InChI=1S/C34H35ClF2N6O2/c35-26-5-1-3-18-9-23(44)10-24(28(18)26)30-29(37)31-25(13-38-30)32(42-15-21-7-8-22(16-42)39-21)41-33(40-31)45-17-34-11-19-4-2-6-27(19)43(34)14-20(36)12-34/h1,3,5,9-10,13,19-22,27,39,44H,2,4,6-8,11-12,14-17H2/t19-,20-,21?,22?,27-,34-/m0/s1. The Morgan fingerprint density at radius 2 is 1.91 bits per heavy atom. The van der Waals surface area contributed by atoms with E-state index in [4.69, 9.17) is 21.3 Å². The van der Waals surface area contributed by atoms with E-state index in [0.29, 0.717) is 69.6 Å². The number of rotatable bonds is 5. The summed E-state index contributed by atoms with van der Waals surface area (Å²) in [6, 6.07) is 9.59. The van der Waals surface area contributed by atoms with E-state index in [1.807, 2.05) is 6.07 Å². The number of halogens is 3. The normalized spacial score (nSPS) is 30.8. The summed E-state index contributed by atoms with van der Waals surface area (Å²) in [5.41, 5.74) is 0.129. The van der Waals surface area contributed by atoms with Crippen molar-refractivity contribution in [3.05, 3.63) is 47.4 Å². The van der Waals surface area contributed by atoms with Crippen molar-refractivity contribution in [1.82, 2.24) is 25.2 Å². The number of fused-ring (bicyclic) bond motifs is 7. The molecule has 2 N–H and O–H groups in total. The largest absolute Gasteiger partial charge is 0.508 e. The van der Waals surface area contributed by atoms with Crippen LogP contribution >= 0.6 is 11.6 Å². The summed E-state index contributed by atoms with van der Waals surface area (Å²) in [6.07, 6.45) is 7.73. The van der Waals surface area contributed by atoms with Crippen LogP contribution in [-0.4, -0.2) is 81.0 Å². The van der Waals surface area contributed by atoms with E-state index in [9.17, 15) is 9.50 Å². The minimum atomic E-state index is -0.880. The van der Waals surface area contributed by atoms with Gasteiger partial charge in [0.05, 0.1) is 10.9 Å². The maximum atomic E-state index is 16.8. The second-order valence-electron chi connectivity index (χ2n) is 13.8. The van der Waals surface area contributed by atoms with Crippen LogP contribution in [0.25, 0.3) is 32.9 Å². The SMILES string of the molecule is Oc1cc(-c2ncc3c(N4CC5CCC(C4)N5)nc(OC[C@]45C[C@H](F)CN4[C@H]4CCC[C@H]4C5)nc3c2F)c2c(Cl)cccc2c1. The third-order valence-electron chi connectivity index (χ3n) is 11.1. The molecule has 45 heavy (non-hydrogen) atoms. The van der Waals surface area contributed by atoms with Gasteiger partial charge in [-0.25, -0.2) is 8.78 Å². The van der Waals surface area contributed by atoms with E-state index in [1.165, 1.54) is 18.9 Å². The summed E-state index contributed by atoms with van der Waals surface area (Å²) >= 11 is 6.59. The van der Waals surface area contributed by atoms with E-state index < -0.39 is 12.0 Å². The molecule has 4 aromatic rings. The van der Waals surface area contributed by atoms with Crippen LogP contribution in [0.1, 0.15) is 44.9 Å². The number of nitrogens with zero attached hydrogens (tertiary/aromatic N) is 5. The van der Waals surface area contributed by atoms with Gasteiger partial charge in [0, 0.05) is 66.3 Å². The van der Waals surface area contributed by atoms with Gasteiger partial charge in [0.1, 0.15) is 35.6 Å². The van der Waals surface area contributed by atoms with Gasteiger partial charge in [-0.3, -0.25) is 9.88 Å². The topological polar surface area (TPSA) is 86.6 Å². The van der Waals surface area contributed by atoms with Crippen molar-refractivity contribution in [3.8, 4) is 23.0 Å². The molecule has 5 fully saturated rings. The molecule has 1 aliphatic carbocycles. The molecule has 2 unspecified atom stereocenters. The average Bonchev–Trinajstić information content (AvgIpc) is 3.76. The number of pyridine rings is 1. The first kappa shape index (κ1) is 27.9. The van der Waals surface area contributed by atoms with Crippen LogP contribution in [0.15, 0.2) is 36.5 Å². The summed E-state index contributed by atoms with van der Waals surface area (Å²) in [5.74, 6) is 0.515. The van der Waals surface area contributed by atoms with Gasteiger partial charge in [-0.05, 0) is 61.6 Å². The smallest absolute Gasteiger partial charge is 0.319 e. The molecule has 0 radical (unpaired) electrons. The van der Waals surface area contributed by atoms with Crippen LogP contribution in [0, 0.1) is 11.7 Å². The van der Waals surface area contributed by atoms with Gasteiger partial charge in [-0.1, -0.05) is 30.2 Å². The number of benzene rings is 2. The van der Waals surface area contributed by atoms with Gasteiger partial charge in [-0.15, -0.1) is 0 Å². The first-order valence-electron chi connectivity index (χ1n) is 16.2. The van der Waals surface area contributed by atoms with Crippen molar-refractivity contribution in [2.75, 3.05) is 31.1 Å². The number of hydrogen-bond acceptors (Lipinski definition) is 8. The molecular weight excluding hydrogens is 598 g/mol. The number of ether oxygens (including phenoxy) is 1. The van der Waals surface area contributed by atoms with Gasteiger partial charge in [0.25, 0.3) is 0 Å². The number of aromatic hydroxyl groups is 1. The number of anilines is 1. The molecule has 9 rings (SSSR count). The molecule has 0 amide bonds. The lowest BCUT2D eigenvalue weighted by molar-refractivity contribution is 0.0832. The molecule has 2 aromatic heterocycles. The van der Waals surface area contributed by atoms with E-state index in [2.05, 4.69) is 25.1 Å². The lowest BCUT2D eigenvalue weighted by atomic mass is 9.89. The monoisotopic (exact) mass is 632 g/mol. The van der Waals surface area contributed by atoms with Gasteiger partial charge < -0.3 is 20.1 Å². The molecule has 6 heterocycles. The van der Waals surface area contributed by atoms with Crippen molar-refractivity contribution in [3.63, 3.8) is 0 Å². The number of aromatic nitrogens is 3. The Morgan fingerprint density at radius 3 is 2.76 bits per heavy atom. The molecule has 1 saturated carbocycles. The fourth-order valence-electron chi connectivity index (χ4n) is 9.28. The molecule has 11 heteroatoms. The minimum Gasteiger partial charge on any atom is -0.508 e. The summed E-state index contributed by atoms with van der Waals surface area (Å²) in [5, 5.41) is 16.4. The Morgan fingerprint density at radius 1 is 1.07 bits per heavy atom. The average molecular weight is 633 g/mol. The number of hydrogen-bond donors (Lipinski definition) is 2. The minimum absolute atomic E-state index is 0.0161. The molecule has 2 aromatic carbocycles. The fourth-order valence-corrected chi connectivity index (χ4v) is 9.56. The molecular formula is C34H35ClF2N6O2. The van der Waals surface area contributed by atoms with Crippen LogP contribution in [0.5, 0.6) is 11.8 Å². The van der Waals surface area contributed by atoms with Crippen molar-refractivity contribution < 1.29 is 18.6 Å². The van der Waals surface area contributed by atoms with Crippen LogP contribution < -0.4 is 15.0 Å². The predicted molar refractivity (Wildman–Crippen MR) is 169 cm³/mol. The van der Waals surface area contributed by atoms with Gasteiger partial charge in [0.15, 0.2) is 5.82 Å². The zero-order valence-electron chi connectivity index (χ0n) is 24.9. The van der Waals surface area contributed by atoms with Crippen molar-refractivity contribution in [1.29, 1.82) is 0 Å². The van der Waals surface area contributed by atoms with E-state index in [1.54, 1.807) is 24.4 Å². The van der Waals surface area contributed by atoms with Crippen LogP contribution in [0.4, 0.5) is 14.6 Å². The van der Waals surface area contributed by atoms with Crippen molar-refractivity contribution in [2.24, 2.45) is 5.92 Å². The maximum Gasteiger partial charge on any atom is 0.319 e. The van der Waals surface area contributed by atoms with Gasteiger partial charge >= 0.3 is 6.01 Å². The van der Waals surface area contributed by atoms with E-state index >= 15 is 4.39 Å². The summed E-state index contributed by atoms with van der Waals surface area (Å²) in [6.45, 7) is 2.19. The highest BCUT2D eigenvalue weighted by Gasteiger charge is 2.58. The number of phenols is 1. The maximum absolute atomic E-state index is 16.8. The second kappa shape index (κ2) is 10.3. The molecule has 2 bridgehead atoms. The lowest BCUT2D eigenvalue weighted by Crippen LogP contribution is -2.51. The molecule has 6 atom stereocenters. The zero-order valence-corrected chi connectivity index (χ0v) is 25.6. The second-order valence-corrected chi connectivity index (χ2v) is 14.2. The Bertz CT molecular complexity index is 1830. The number of alkyl halides is 1.